The standard InChI is InChI=1S/C16H19BrN4/c1-3-7-19-16-13(17)14(11-4-5-11)20-15(21-16)12-6-8-18-9-10(12)2/h6,8-9,11H,3-5,7H2,1-2H3,(H,19,20,21). The lowest BCUT2D eigenvalue weighted by atomic mass is 10.1. The van der Waals surface area contributed by atoms with Gasteiger partial charge in [0.2, 0.25) is 0 Å². The Morgan fingerprint density at radius 1 is 1.33 bits per heavy atom. The van der Waals surface area contributed by atoms with E-state index in [-0.39, 0.29) is 0 Å². The Hall–Kier alpha value is -1.49. The average molecular weight is 347 g/mol. The van der Waals surface area contributed by atoms with Crippen LogP contribution in [0.1, 0.15) is 43.4 Å². The predicted molar refractivity (Wildman–Crippen MR) is 88.5 cm³/mol. The fraction of sp³-hybridized carbons (Fsp3) is 0.438. The Morgan fingerprint density at radius 3 is 2.81 bits per heavy atom. The van der Waals surface area contributed by atoms with Gasteiger partial charge in [-0.1, -0.05) is 6.92 Å². The van der Waals surface area contributed by atoms with Crippen molar-refractivity contribution in [3.63, 3.8) is 0 Å². The van der Waals surface area contributed by atoms with Crippen LogP contribution in [0.5, 0.6) is 0 Å². The fourth-order valence-corrected chi connectivity index (χ4v) is 2.94. The molecule has 1 saturated carbocycles. The number of nitrogens with one attached hydrogen (secondary N) is 1. The van der Waals surface area contributed by atoms with E-state index in [1.807, 2.05) is 19.2 Å². The van der Waals surface area contributed by atoms with Crippen LogP contribution in [0.3, 0.4) is 0 Å². The van der Waals surface area contributed by atoms with Crippen LogP contribution < -0.4 is 5.32 Å². The summed E-state index contributed by atoms with van der Waals surface area (Å²) in [5, 5.41) is 3.40. The number of hydrogen-bond acceptors (Lipinski definition) is 4. The van der Waals surface area contributed by atoms with Crippen LogP contribution in [0.4, 0.5) is 5.82 Å². The highest BCUT2D eigenvalue weighted by atomic mass is 79.9. The van der Waals surface area contributed by atoms with E-state index in [0.29, 0.717) is 5.92 Å². The number of rotatable bonds is 5. The van der Waals surface area contributed by atoms with Gasteiger partial charge >= 0.3 is 0 Å². The normalized spacial score (nSPS) is 14.2. The van der Waals surface area contributed by atoms with Crippen molar-refractivity contribution in [2.45, 2.75) is 39.0 Å². The molecule has 0 amide bonds. The topological polar surface area (TPSA) is 50.7 Å². The van der Waals surface area contributed by atoms with Crippen LogP contribution in [-0.2, 0) is 0 Å². The zero-order valence-corrected chi connectivity index (χ0v) is 13.9. The number of hydrogen-bond donors (Lipinski definition) is 1. The zero-order chi connectivity index (χ0) is 14.8. The van der Waals surface area contributed by atoms with Gasteiger partial charge in [-0.3, -0.25) is 4.98 Å². The van der Waals surface area contributed by atoms with Gasteiger partial charge in [0.05, 0.1) is 10.2 Å². The van der Waals surface area contributed by atoms with Crippen molar-refractivity contribution in [3.8, 4) is 11.4 Å². The number of aromatic nitrogens is 3. The second kappa shape index (κ2) is 6.10. The molecule has 4 nitrogen and oxygen atoms in total. The van der Waals surface area contributed by atoms with Crippen LogP contribution in [0, 0.1) is 6.92 Å². The van der Waals surface area contributed by atoms with Crippen molar-refractivity contribution in [1.82, 2.24) is 15.0 Å². The molecule has 3 rings (SSSR count). The molecule has 0 atom stereocenters. The Bertz CT molecular complexity index is 653. The quantitative estimate of drug-likeness (QED) is 0.876. The summed E-state index contributed by atoms with van der Waals surface area (Å²) >= 11 is 3.68. The minimum absolute atomic E-state index is 0.574. The lowest BCUT2D eigenvalue weighted by molar-refractivity contribution is 0.939. The average Bonchev–Trinajstić information content (AvgIpc) is 3.31. The third-order valence-electron chi connectivity index (χ3n) is 3.64. The van der Waals surface area contributed by atoms with Crippen LogP contribution in [-0.4, -0.2) is 21.5 Å². The van der Waals surface area contributed by atoms with Gasteiger partial charge in [-0.25, -0.2) is 9.97 Å². The molecular weight excluding hydrogens is 328 g/mol. The number of aryl methyl sites for hydroxylation is 1. The summed E-state index contributed by atoms with van der Waals surface area (Å²) in [5.74, 6) is 2.27. The van der Waals surface area contributed by atoms with E-state index >= 15 is 0 Å². The third kappa shape index (κ3) is 3.07. The maximum atomic E-state index is 4.81. The molecule has 0 aromatic carbocycles. The molecule has 0 radical (unpaired) electrons. The van der Waals surface area contributed by atoms with Gasteiger partial charge in [-0.05, 0) is 53.7 Å². The molecule has 0 saturated heterocycles. The summed E-state index contributed by atoms with van der Waals surface area (Å²) < 4.78 is 1.02. The molecule has 2 aromatic rings. The van der Waals surface area contributed by atoms with E-state index in [0.717, 1.165) is 45.9 Å². The Labute approximate surface area is 133 Å². The zero-order valence-electron chi connectivity index (χ0n) is 12.4. The maximum Gasteiger partial charge on any atom is 0.162 e. The minimum Gasteiger partial charge on any atom is -0.369 e. The molecule has 1 N–H and O–H groups in total. The fourth-order valence-electron chi connectivity index (χ4n) is 2.30. The molecule has 1 fully saturated rings. The third-order valence-corrected chi connectivity index (χ3v) is 4.43. The van der Waals surface area contributed by atoms with E-state index < -0.39 is 0 Å². The molecule has 2 heterocycles. The maximum absolute atomic E-state index is 4.81. The Kier molecular flexibility index (Phi) is 4.19. The summed E-state index contributed by atoms with van der Waals surface area (Å²) in [6.07, 6.45) is 7.16. The molecule has 0 aliphatic heterocycles. The first-order chi connectivity index (χ1) is 10.2. The molecule has 1 aliphatic carbocycles. The summed E-state index contributed by atoms with van der Waals surface area (Å²) in [4.78, 5) is 13.7. The highest BCUT2D eigenvalue weighted by Gasteiger charge is 2.29. The number of anilines is 1. The van der Waals surface area contributed by atoms with Crippen LogP contribution in [0.25, 0.3) is 11.4 Å². The smallest absolute Gasteiger partial charge is 0.162 e. The SMILES string of the molecule is CCCNc1nc(-c2ccncc2C)nc(C2CC2)c1Br. The van der Waals surface area contributed by atoms with Crippen molar-refractivity contribution in [1.29, 1.82) is 0 Å². The molecule has 1 aliphatic rings. The second-order valence-corrected chi connectivity index (χ2v) is 6.28. The van der Waals surface area contributed by atoms with Crippen LogP contribution in [0.2, 0.25) is 0 Å². The number of pyridine rings is 1. The summed E-state index contributed by atoms with van der Waals surface area (Å²) in [7, 11) is 0. The summed E-state index contributed by atoms with van der Waals surface area (Å²) in [6.45, 7) is 5.11. The summed E-state index contributed by atoms with van der Waals surface area (Å²) in [5.41, 5.74) is 3.29. The molecule has 2 aromatic heterocycles. The molecule has 0 unspecified atom stereocenters. The van der Waals surface area contributed by atoms with Crippen molar-refractivity contribution in [3.05, 3.63) is 34.2 Å². The highest BCUT2D eigenvalue weighted by molar-refractivity contribution is 9.10. The van der Waals surface area contributed by atoms with E-state index in [1.54, 1.807) is 6.20 Å². The molecule has 5 heteroatoms. The first-order valence-electron chi connectivity index (χ1n) is 7.43. The summed E-state index contributed by atoms with van der Waals surface area (Å²) in [6, 6.07) is 1.98. The lowest BCUT2D eigenvalue weighted by Gasteiger charge is -2.13. The molecular formula is C16H19BrN4. The van der Waals surface area contributed by atoms with Gasteiger partial charge in [0.1, 0.15) is 5.82 Å². The first-order valence-corrected chi connectivity index (χ1v) is 8.22. The minimum atomic E-state index is 0.574. The van der Waals surface area contributed by atoms with Gasteiger partial charge < -0.3 is 5.32 Å². The van der Waals surface area contributed by atoms with Gasteiger partial charge in [0.15, 0.2) is 5.82 Å². The number of halogens is 1. The van der Waals surface area contributed by atoms with Crippen molar-refractivity contribution < 1.29 is 0 Å². The van der Waals surface area contributed by atoms with Gasteiger partial charge in [-0.15, -0.1) is 0 Å². The van der Waals surface area contributed by atoms with Crippen molar-refractivity contribution in [2.24, 2.45) is 0 Å². The van der Waals surface area contributed by atoms with Crippen LogP contribution in [0.15, 0.2) is 22.9 Å². The predicted octanol–water partition coefficient (Wildman–Crippen LogP) is 4.31. The number of nitrogens with zero attached hydrogens (tertiary/aromatic N) is 3. The lowest BCUT2D eigenvalue weighted by Crippen LogP contribution is -2.07. The van der Waals surface area contributed by atoms with E-state index in [1.165, 1.54) is 12.8 Å². The molecule has 21 heavy (non-hydrogen) atoms. The van der Waals surface area contributed by atoms with E-state index in [2.05, 4.69) is 33.2 Å². The van der Waals surface area contributed by atoms with E-state index in [9.17, 15) is 0 Å². The first kappa shape index (κ1) is 14.4. The van der Waals surface area contributed by atoms with Gasteiger partial charge in [0, 0.05) is 30.4 Å². The second-order valence-electron chi connectivity index (χ2n) is 5.49. The van der Waals surface area contributed by atoms with Crippen molar-refractivity contribution >= 4 is 21.7 Å². The van der Waals surface area contributed by atoms with Crippen LogP contribution >= 0.6 is 15.9 Å². The Balaban J connectivity index is 2.08. The highest BCUT2D eigenvalue weighted by Crippen LogP contribution is 2.44. The molecule has 110 valence electrons. The van der Waals surface area contributed by atoms with Crippen molar-refractivity contribution in [2.75, 3.05) is 11.9 Å². The largest absolute Gasteiger partial charge is 0.369 e. The molecule has 0 bridgehead atoms. The monoisotopic (exact) mass is 346 g/mol. The van der Waals surface area contributed by atoms with Gasteiger partial charge in [0.25, 0.3) is 0 Å². The van der Waals surface area contributed by atoms with E-state index in [4.69, 9.17) is 9.97 Å². The van der Waals surface area contributed by atoms with Gasteiger partial charge in [-0.2, -0.15) is 0 Å². The molecule has 0 spiro atoms. The Morgan fingerprint density at radius 2 is 2.14 bits per heavy atom.